The number of hydrogen-bond donors (Lipinski definition) is 0. The predicted molar refractivity (Wildman–Crippen MR) is 79.6 cm³/mol. The maximum Gasteiger partial charge on any atom is 0.338 e. The summed E-state index contributed by atoms with van der Waals surface area (Å²) in [4.78, 5) is 11.9. The number of carbonyl (C=O) groups excluding carboxylic acids is 1. The number of ether oxygens (including phenoxy) is 3. The van der Waals surface area contributed by atoms with Gasteiger partial charge in [-0.3, -0.25) is 0 Å². The lowest BCUT2D eigenvalue weighted by Crippen LogP contribution is -2.12. The van der Waals surface area contributed by atoms with Crippen molar-refractivity contribution >= 4 is 17.6 Å². The molecule has 108 valence electrons. The summed E-state index contributed by atoms with van der Waals surface area (Å²) in [6.07, 6.45) is 1.66. The Morgan fingerprint density at radius 2 is 2.10 bits per heavy atom. The molecule has 0 bridgehead atoms. The molecule has 0 spiro atoms. The first-order chi connectivity index (χ1) is 9.63. The van der Waals surface area contributed by atoms with E-state index < -0.39 is 5.97 Å². The smallest absolute Gasteiger partial charge is 0.338 e. The van der Waals surface area contributed by atoms with Crippen molar-refractivity contribution in [2.75, 3.05) is 26.9 Å². The summed E-state index contributed by atoms with van der Waals surface area (Å²) in [7, 11) is 1.57. The normalized spacial score (nSPS) is 9.90. The molecule has 4 heteroatoms. The van der Waals surface area contributed by atoms with Crippen molar-refractivity contribution in [1.82, 2.24) is 0 Å². The molecule has 0 heterocycles. The van der Waals surface area contributed by atoms with Crippen LogP contribution in [0.4, 0.5) is 0 Å². The molecule has 0 radical (unpaired) electrons. The second-order valence-corrected chi connectivity index (χ2v) is 3.97. The van der Waals surface area contributed by atoms with Crippen LogP contribution in [0.15, 0.2) is 31.4 Å². The van der Waals surface area contributed by atoms with Crippen molar-refractivity contribution in [3.63, 3.8) is 0 Å². The fourth-order valence-corrected chi connectivity index (χ4v) is 1.64. The van der Waals surface area contributed by atoms with E-state index in [0.717, 1.165) is 5.56 Å². The third-order valence-electron chi connectivity index (χ3n) is 2.72. The summed E-state index contributed by atoms with van der Waals surface area (Å²) in [5, 5.41) is 0. The van der Waals surface area contributed by atoms with Gasteiger partial charge in [0, 0.05) is 6.61 Å². The van der Waals surface area contributed by atoms with E-state index in [-0.39, 0.29) is 12.2 Å². The van der Waals surface area contributed by atoms with E-state index >= 15 is 0 Å². The fraction of sp³-hybridized carbons (Fsp3) is 0.312. The lowest BCUT2D eigenvalue weighted by atomic mass is 10.0. The van der Waals surface area contributed by atoms with Crippen molar-refractivity contribution in [1.29, 1.82) is 0 Å². The summed E-state index contributed by atoms with van der Waals surface area (Å²) < 4.78 is 15.4. The molecule has 0 saturated heterocycles. The van der Waals surface area contributed by atoms with Crippen LogP contribution in [0.25, 0.3) is 11.6 Å². The second-order valence-electron chi connectivity index (χ2n) is 3.97. The first-order valence-corrected chi connectivity index (χ1v) is 6.38. The van der Waals surface area contributed by atoms with Gasteiger partial charge in [-0.2, -0.15) is 0 Å². The van der Waals surface area contributed by atoms with Crippen LogP contribution in [0, 0.1) is 0 Å². The molecule has 1 rings (SSSR count). The van der Waals surface area contributed by atoms with E-state index in [4.69, 9.17) is 14.2 Å². The molecule has 0 aliphatic heterocycles. The zero-order valence-electron chi connectivity index (χ0n) is 12.0. The maximum absolute atomic E-state index is 11.9. The molecular formula is C16H20O4. The van der Waals surface area contributed by atoms with E-state index in [2.05, 4.69) is 13.2 Å². The van der Waals surface area contributed by atoms with Crippen LogP contribution < -0.4 is 4.74 Å². The fourth-order valence-electron chi connectivity index (χ4n) is 1.64. The number of benzene rings is 1. The van der Waals surface area contributed by atoms with Crippen molar-refractivity contribution in [3.05, 3.63) is 42.5 Å². The van der Waals surface area contributed by atoms with Crippen LogP contribution in [0.3, 0.4) is 0 Å². The summed E-state index contributed by atoms with van der Waals surface area (Å²) in [6.45, 7) is 10.6. The van der Waals surface area contributed by atoms with Crippen LogP contribution in [0.5, 0.6) is 5.75 Å². The van der Waals surface area contributed by atoms with Crippen LogP contribution in [0.2, 0.25) is 0 Å². The van der Waals surface area contributed by atoms with Crippen LogP contribution in [-0.4, -0.2) is 32.9 Å². The van der Waals surface area contributed by atoms with Gasteiger partial charge >= 0.3 is 5.97 Å². The lowest BCUT2D eigenvalue weighted by molar-refractivity contribution is -0.138. The van der Waals surface area contributed by atoms with Crippen molar-refractivity contribution in [3.8, 4) is 5.75 Å². The Morgan fingerprint density at radius 1 is 1.35 bits per heavy atom. The quantitative estimate of drug-likeness (QED) is 0.416. The molecular weight excluding hydrogens is 256 g/mol. The highest BCUT2D eigenvalue weighted by atomic mass is 16.6. The standard InChI is InChI=1S/C16H20O4/c1-5-13-7-8-14(18-4)11-15(13)12(3)16(17)20-10-9-19-6-2/h5,7-8,11H,1,3,6,9-10H2,2,4H3. The lowest BCUT2D eigenvalue weighted by Gasteiger charge is -2.11. The number of carbonyl (C=O) groups is 1. The number of hydrogen-bond acceptors (Lipinski definition) is 4. The van der Waals surface area contributed by atoms with Gasteiger partial charge in [0.2, 0.25) is 0 Å². The van der Waals surface area contributed by atoms with Gasteiger partial charge in [-0.05, 0) is 30.2 Å². The van der Waals surface area contributed by atoms with Gasteiger partial charge in [0.25, 0.3) is 0 Å². The molecule has 0 amide bonds. The van der Waals surface area contributed by atoms with E-state index in [9.17, 15) is 4.79 Å². The zero-order valence-corrected chi connectivity index (χ0v) is 12.0. The van der Waals surface area contributed by atoms with Gasteiger partial charge in [-0.25, -0.2) is 4.79 Å². The van der Waals surface area contributed by atoms with Crippen LogP contribution >= 0.6 is 0 Å². The first-order valence-electron chi connectivity index (χ1n) is 6.38. The third kappa shape index (κ3) is 4.24. The van der Waals surface area contributed by atoms with E-state index in [0.29, 0.717) is 24.5 Å². The number of esters is 1. The van der Waals surface area contributed by atoms with Gasteiger partial charge in [-0.1, -0.05) is 25.3 Å². The Balaban J connectivity index is 2.79. The minimum absolute atomic E-state index is 0.207. The number of methoxy groups -OCH3 is 1. The zero-order chi connectivity index (χ0) is 15.0. The molecule has 0 unspecified atom stereocenters. The Morgan fingerprint density at radius 3 is 2.70 bits per heavy atom. The van der Waals surface area contributed by atoms with Crippen LogP contribution in [-0.2, 0) is 14.3 Å². The monoisotopic (exact) mass is 276 g/mol. The van der Waals surface area contributed by atoms with Gasteiger partial charge in [0.1, 0.15) is 12.4 Å². The minimum atomic E-state index is -0.471. The molecule has 0 fully saturated rings. The minimum Gasteiger partial charge on any atom is -0.497 e. The molecule has 4 nitrogen and oxygen atoms in total. The van der Waals surface area contributed by atoms with Crippen LogP contribution in [0.1, 0.15) is 18.1 Å². The van der Waals surface area contributed by atoms with E-state index in [1.54, 1.807) is 25.3 Å². The molecule has 0 aliphatic carbocycles. The van der Waals surface area contributed by atoms with Gasteiger partial charge in [0.15, 0.2) is 0 Å². The summed E-state index contributed by atoms with van der Waals surface area (Å²) >= 11 is 0. The van der Waals surface area contributed by atoms with Crippen molar-refractivity contribution in [2.24, 2.45) is 0 Å². The Labute approximate surface area is 119 Å². The highest BCUT2D eigenvalue weighted by Crippen LogP contribution is 2.25. The Kier molecular flexibility index (Phi) is 6.53. The van der Waals surface area contributed by atoms with Crippen molar-refractivity contribution < 1.29 is 19.0 Å². The summed E-state index contributed by atoms with van der Waals surface area (Å²) in [5.74, 6) is 0.176. The average Bonchev–Trinajstić information content (AvgIpc) is 2.49. The molecule has 0 N–H and O–H groups in total. The van der Waals surface area contributed by atoms with Gasteiger partial charge in [0.05, 0.1) is 19.3 Å². The van der Waals surface area contributed by atoms with E-state index in [1.165, 1.54) is 0 Å². The van der Waals surface area contributed by atoms with E-state index in [1.807, 2.05) is 13.0 Å². The predicted octanol–water partition coefficient (Wildman–Crippen LogP) is 2.93. The summed E-state index contributed by atoms with van der Waals surface area (Å²) in [6, 6.07) is 5.36. The molecule has 0 aromatic heterocycles. The largest absolute Gasteiger partial charge is 0.497 e. The van der Waals surface area contributed by atoms with Gasteiger partial charge < -0.3 is 14.2 Å². The maximum atomic E-state index is 11.9. The highest BCUT2D eigenvalue weighted by molar-refractivity contribution is 6.16. The second kappa shape index (κ2) is 8.17. The highest BCUT2D eigenvalue weighted by Gasteiger charge is 2.14. The topological polar surface area (TPSA) is 44.8 Å². The Bertz CT molecular complexity index is 491. The van der Waals surface area contributed by atoms with Crippen molar-refractivity contribution in [2.45, 2.75) is 6.92 Å². The molecule has 0 saturated carbocycles. The molecule has 1 aromatic carbocycles. The molecule has 1 aromatic rings. The summed E-state index contributed by atoms with van der Waals surface area (Å²) in [5.41, 5.74) is 1.73. The average molecular weight is 276 g/mol. The first kappa shape index (κ1) is 16.0. The Hall–Kier alpha value is -2.07. The molecule has 0 aliphatic rings. The van der Waals surface area contributed by atoms with Gasteiger partial charge in [-0.15, -0.1) is 0 Å². The third-order valence-corrected chi connectivity index (χ3v) is 2.72. The molecule has 0 atom stereocenters. The molecule has 20 heavy (non-hydrogen) atoms. The SMILES string of the molecule is C=Cc1ccc(OC)cc1C(=C)C(=O)OCCOCC. The number of rotatable bonds is 8.